The third-order valence-electron chi connectivity index (χ3n) is 1.84. The summed E-state index contributed by atoms with van der Waals surface area (Å²) in [5.74, 6) is -3.02. The van der Waals surface area contributed by atoms with Crippen molar-refractivity contribution in [2.24, 2.45) is 5.92 Å². The molecule has 6 nitrogen and oxygen atoms in total. The Labute approximate surface area is 86.8 Å². The number of carbonyl (C=O) groups excluding carboxylic acids is 2. The van der Waals surface area contributed by atoms with Crippen molar-refractivity contribution < 1.29 is 24.2 Å². The highest BCUT2D eigenvalue weighted by atomic mass is 16.6. The van der Waals surface area contributed by atoms with Gasteiger partial charge < -0.3 is 9.84 Å². The van der Waals surface area contributed by atoms with Crippen molar-refractivity contribution in [1.29, 1.82) is 0 Å². The number of carbonyl (C=O) groups is 3. The van der Waals surface area contributed by atoms with E-state index in [0.29, 0.717) is 0 Å². The molecule has 2 amide bonds. The number of imide groups is 1. The van der Waals surface area contributed by atoms with Crippen LogP contribution in [0.25, 0.3) is 0 Å². The van der Waals surface area contributed by atoms with Crippen LogP contribution in [0.3, 0.4) is 0 Å². The maximum atomic E-state index is 11.3. The van der Waals surface area contributed by atoms with Gasteiger partial charge in [-0.2, -0.15) is 0 Å². The van der Waals surface area contributed by atoms with E-state index in [-0.39, 0.29) is 6.54 Å². The lowest BCUT2D eigenvalue weighted by atomic mass is 10.00. The van der Waals surface area contributed by atoms with Crippen LogP contribution in [-0.2, 0) is 14.3 Å². The first-order valence-electron chi connectivity index (χ1n) is 4.49. The van der Waals surface area contributed by atoms with Crippen LogP contribution >= 0.6 is 0 Å². The van der Waals surface area contributed by atoms with Gasteiger partial charge in [0.2, 0.25) is 5.91 Å². The third kappa shape index (κ3) is 2.45. The molecule has 1 heterocycles. The van der Waals surface area contributed by atoms with E-state index in [1.807, 2.05) is 0 Å². The summed E-state index contributed by atoms with van der Waals surface area (Å²) in [5.41, 5.74) is -0.689. The average molecular weight is 215 g/mol. The molecule has 0 bridgehead atoms. The molecule has 0 radical (unpaired) electrons. The first-order valence-corrected chi connectivity index (χ1v) is 4.49. The van der Waals surface area contributed by atoms with E-state index >= 15 is 0 Å². The number of hydrogen-bond donors (Lipinski definition) is 1. The monoisotopic (exact) mass is 215 g/mol. The molecule has 0 aromatic rings. The molecule has 1 unspecified atom stereocenters. The molecule has 0 aliphatic carbocycles. The quantitative estimate of drug-likeness (QED) is 0.507. The Bertz CT molecular complexity index is 317. The second-order valence-corrected chi connectivity index (χ2v) is 4.32. The van der Waals surface area contributed by atoms with Crippen molar-refractivity contribution in [2.75, 3.05) is 6.54 Å². The summed E-state index contributed by atoms with van der Waals surface area (Å²) >= 11 is 0. The van der Waals surface area contributed by atoms with Gasteiger partial charge in [0.15, 0.2) is 5.92 Å². The van der Waals surface area contributed by atoms with Gasteiger partial charge in [-0.05, 0) is 20.8 Å². The van der Waals surface area contributed by atoms with E-state index in [1.165, 1.54) is 0 Å². The Kier molecular flexibility index (Phi) is 2.70. The molecule has 0 saturated carbocycles. The van der Waals surface area contributed by atoms with E-state index in [2.05, 4.69) is 0 Å². The molecule has 0 aromatic heterocycles. The lowest BCUT2D eigenvalue weighted by Gasteiger charge is -2.35. The number of aliphatic carboxylic acids is 1. The van der Waals surface area contributed by atoms with Gasteiger partial charge in [0.25, 0.3) is 0 Å². The number of carboxylic acids is 1. The zero-order valence-corrected chi connectivity index (χ0v) is 8.81. The second kappa shape index (κ2) is 3.52. The van der Waals surface area contributed by atoms with Gasteiger partial charge in [-0.15, -0.1) is 0 Å². The minimum absolute atomic E-state index is 0.108. The normalized spacial score (nSPS) is 20.9. The number of rotatable bonds is 1. The van der Waals surface area contributed by atoms with Crippen molar-refractivity contribution in [1.82, 2.24) is 4.90 Å². The molecule has 0 aromatic carbocycles. The van der Waals surface area contributed by atoms with E-state index in [1.54, 1.807) is 20.8 Å². The van der Waals surface area contributed by atoms with Crippen LogP contribution in [0.4, 0.5) is 4.79 Å². The second-order valence-electron chi connectivity index (χ2n) is 4.32. The van der Waals surface area contributed by atoms with Crippen molar-refractivity contribution in [3.8, 4) is 0 Å². The number of ether oxygens (including phenoxy) is 1. The number of amides is 2. The molecule has 1 aliphatic rings. The lowest BCUT2D eigenvalue weighted by Crippen LogP contribution is -2.58. The molecule has 1 saturated heterocycles. The van der Waals surface area contributed by atoms with Crippen LogP contribution in [0.15, 0.2) is 0 Å². The summed E-state index contributed by atoms with van der Waals surface area (Å²) in [6.07, 6.45) is -0.787. The van der Waals surface area contributed by atoms with Crippen LogP contribution in [0.1, 0.15) is 20.8 Å². The molecular weight excluding hydrogens is 202 g/mol. The van der Waals surface area contributed by atoms with Gasteiger partial charge in [0, 0.05) is 0 Å². The fraction of sp³-hybridized carbons (Fsp3) is 0.667. The Balaban J connectivity index is 2.53. The van der Waals surface area contributed by atoms with Crippen LogP contribution < -0.4 is 0 Å². The Hall–Kier alpha value is -1.59. The molecule has 15 heavy (non-hydrogen) atoms. The van der Waals surface area contributed by atoms with Gasteiger partial charge >= 0.3 is 12.1 Å². The SMILES string of the molecule is CC(C)(C)OC(=O)N1CC(C(=O)O)C1=O. The van der Waals surface area contributed by atoms with E-state index < -0.39 is 29.5 Å². The van der Waals surface area contributed by atoms with Crippen LogP contribution in [0.5, 0.6) is 0 Å². The fourth-order valence-electron chi connectivity index (χ4n) is 1.09. The highest BCUT2D eigenvalue weighted by molar-refractivity contribution is 6.08. The number of hydrogen-bond acceptors (Lipinski definition) is 4. The topological polar surface area (TPSA) is 83.9 Å². The van der Waals surface area contributed by atoms with E-state index in [4.69, 9.17) is 9.84 Å². The average Bonchev–Trinajstić information content (AvgIpc) is 1.97. The largest absolute Gasteiger partial charge is 0.481 e. The number of nitrogens with zero attached hydrogens (tertiary/aromatic N) is 1. The summed E-state index contributed by atoms with van der Waals surface area (Å²) < 4.78 is 4.91. The van der Waals surface area contributed by atoms with Gasteiger partial charge in [0.1, 0.15) is 5.60 Å². The maximum Gasteiger partial charge on any atom is 0.417 e. The maximum absolute atomic E-state index is 11.3. The van der Waals surface area contributed by atoms with Gasteiger partial charge in [-0.3, -0.25) is 9.59 Å². The molecule has 6 heteroatoms. The first-order chi connectivity index (χ1) is 6.72. The van der Waals surface area contributed by atoms with Crippen molar-refractivity contribution in [3.05, 3.63) is 0 Å². The van der Waals surface area contributed by atoms with Gasteiger partial charge in [0.05, 0.1) is 6.54 Å². The van der Waals surface area contributed by atoms with Gasteiger partial charge in [-0.1, -0.05) is 0 Å². The Morgan fingerprint density at radius 2 is 2.00 bits per heavy atom. The zero-order valence-electron chi connectivity index (χ0n) is 8.81. The van der Waals surface area contributed by atoms with Crippen LogP contribution in [0, 0.1) is 5.92 Å². The molecule has 1 aliphatic heterocycles. The van der Waals surface area contributed by atoms with E-state index in [9.17, 15) is 14.4 Å². The smallest absolute Gasteiger partial charge is 0.417 e. The predicted octanol–water partition coefficient (Wildman–Crippen LogP) is 0.465. The highest BCUT2D eigenvalue weighted by Gasteiger charge is 2.47. The lowest BCUT2D eigenvalue weighted by molar-refractivity contribution is -0.160. The Morgan fingerprint density at radius 1 is 1.47 bits per heavy atom. The summed E-state index contributed by atoms with van der Waals surface area (Å²) in [5, 5.41) is 8.54. The summed E-state index contributed by atoms with van der Waals surface area (Å²) in [6, 6.07) is 0. The summed E-state index contributed by atoms with van der Waals surface area (Å²) in [4.78, 5) is 33.7. The molecule has 1 N–H and O–H groups in total. The third-order valence-corrected chi connectivity index (χ3v) is 1.84. The fourth-order valence-corrected chi connectivity index (χ4v) is 1.09. The molecule has 0 spiro atoms. The number of carboxylic acid groups (broad SMARTS) is 1. The Morgan fingerprint density at radius 3 is 2.33 bits per heavy atom. The minimum atomic E-state index is -1.21. The first kappa shape index (κ1) is 11.5. The standard InChI is InChI=1S/C9H13NO5/c1-9(2,3)15-8(14)10-4-5(6(10)11)7(12)13/h5H,4H2,1-3H3,(H,12,13). The van der Waals surface area contributed by atoms with Crippen LogP contribution in [-0.4, -0.2) is 40.1 Å². The molecular formula is C9H13NO5. The van der Waals surface area contributed by atoms with E-state index in [0.717, 1.165) is 4.90 Å². The highest BCUT2D eigenvalue weighted by Crippen LogP contribution is 2.21. The van der Waals surface area contributed by atoms with Crippen molar-refractivity contribution in [2.45, 2.75) is 26.4 Å². The van der Waals surface area contributed by atoms with Gasteiger partial charge in [-0.25, -0.2) is 9.69 Å². The van der Waals surface area contributed by atoms with Crippen molar-refractivity contribution in [3.63, 3.8) is 0 Å². The van der Waals surface area contributed by atoms with Crippen LogP contribution in [0.2, 0.25) is 0 Å². The number of β-lactam (4-membered cyclic amide) rings is 1. The molecule has 1 atom stereocenters. The zero-order chi connectivity index (χ0) is 11.8. The predicted molar refractivity (Wildman–Crippen MR) is 49.1 cm³/mol. The molecule has 1 fully saturated rings. The van der Waals surface area contributed by atoms with Crippen molar-refractivity contribution >= 4 is 18.0 Å². The molecule has 1 rings (SSSR count). The summed E-state index contributed by atoms with van der Waals surface area (Å²) in [7, 11) is 0. The minimum Gasteiger partial charge on any atom is -0.481 e. The molecule has 84 valence electrons. The summed E-state index contributed by atoms with van der Waals surface area (Å²) in [6.45, 7) is 4.90. The number of likely N-dealkylation sites (tertiary alicyclic amines) is 1.